The summed E-state index contributed by atoms with van der Waals surface area (Å²) in [6.07, 6.45) is 0.933. The second kappa shape index (κ2) is 6.81. The number of hydrogen-bond acceptors (Lipinski definition) is 2. The minimum Gasteiger partial charge on any atom is -0.385 e. The standard InChI is InChI=1S/C14H21F2NO/c1-14(2,6-7-18-3)10-17-9-11-4-5-12(15)8-13(11)16/h4-5,8,17H,6-7,9-10H2,1-3H3. The van der Waals surface area contributed by atoms with Gasteiger partial charge in [0.1, 0.15) is 11.6 Å². The van der Waals surface area contributed by atoms with E-state index >= 15 is 0 Å². The number of methoxy groups -OCH3 is 1. The van der Waals surface area contributed by atoms with Crippen molar-refractivity contribution in [1.29, 1.82) is 0 Å². The van der Waals surface area contributed by atoms with E-state index in [1.54, 1.807) is 7.11 Å². The number of nitrogens with one attached hydrogen (secondary N) is 1. The van der Waals surface area contributed by atoms with Gasteiger partial charge < -0.3 is 10.1 Å². The maximum atomic E-state index is 13.4. The lowest BCUT2D eigenvalue weighted by molar-refractivity contribution is 0.150. The summed E-state index contributed by atoms with van der Waals surface area (Å²) in [5.41, 5.74) is 0.575. The largest absolute Gasteiger partial charge is 0.385 e. The molecule has 1 rings (SSSR count). The average Bonchev–Trinajstić information content (AvgIpc) is 2.29. The predicted molar refractivity (Wildman–Crippen MR) is 68.3 cm³/mol. The van der Waals surface area contributed by atoms with Crippen LogP contribution in [0.3, 0.4) is 0 Å². The van der Waals surface area contributed by atoms with Crippen LogP contribution >= 0.6 is 0 Å². The molecule has 0 radical (unpaired) electrons. The van der Waals surface area contributed by atoms with Crippen molar-refractivity contribution in [2.45, 2.75) is 26.8 Å². The summed E-state index contributed by atoms with van der Waals surface area (Å²) in [6, 6.07) is 3.66. The van der Waals surface area contributed by atoms with Crippen LogP contribution in [0, 0.1) is 17.0 Å². The molecular formula is C14H21F2NO. The van der Waals surface area contributed by atoms with Gasteiger partial charge >= 0.3 is 0 Å². The smallest absolute Gasteiger partial charge is 0.130 e. The van der Waals surface area contributed by atoms with Crippen molar-refractivity contribution in [1.82, 2.24) is 5.32 Å². The van der Waals surface area contributed by atoms with Crippen LogP contribution in [0.5, 0.6) is 0 Å². The molecule has 0 amide bonds. The van der Waals surface area contributed by atoms with Crippen molar-refractivity contribution in [2.75, 3.05) is 20.3 Å². The van der Waals surface area contributed by atoms with Crippen LogP contribution in [0.1, 0.15) is 25.8 Å². The van der Waals surface area contributed by atoms with Crippen LogP contribution in [0.25, 0.3) is 0 Å². The molecular weight excluding hydrogens is 236 g/mol. The van der Waals surface area contributed by atoms with Gasteiger partial charge in [0.2, 0.25) is 0 Å². The molecule has 0 atom stereocenters. The monoisotopic (exact) mass is 257 g/mol. The SMILES string of the molecule is COCCC(C)(C)CNCc1ccc(F)cc1F. The first kappa shape index (κ1) is 15.1. The van der Waals surface area contributed by atoms with Crippen LogP contribution in [-0.2, 0) is 11.3 Å². The Morgan fingerprint density at radius 3 is 2.61 bits per heavy atom. The Balaban J connectivity index is 2.41. The lowest BCUT2D eigenvalue weighted by Gasteiger charge is -2.24. The molecule has 0 saturated heterocycles. The summed E-state index contributed by atoms with van der Waals surface area (Å²) in [4.78, 5) is 0. The minimum absolute atomic E-state index is 0.0898. The number of ether oxygens (including phenoxy) is 1. The van der Waals surface area contributed by atoms with Gasteiger partial charge in [-0.25, -0.2) is 8.78 Å². The third kappa shape index (κ3) is 5.10. The van der Waals surface area contributed by atoms with Crippen LogP contribution in [0.4, 0.5) is 8.78 Å². The van der Waals surface area contributed by atoms with Crippen molar-refractivity contribution in [3.63, 3.8) is 0 Å². The predicted octanol–water partition coefficient (Wildman–Crippen LogP) is 3.12. The van der Waals surface area contributed by atoms with Gasteiger partial charge in [-0.15, -0.1) is 0 Å². The molecule has 1 aromatic carbocycles. The molecule has 18 heavy (non-hydrogen) atoms. The fourth-order valence-electron chi connectivity index (χ4n) is 1.67. The summed E-state index contributed by atoms with van der Waals surface area (Å²) in [6.45, 7) is 6.12. The quantitative estimate of drug-likeness (QED) is 0.810. The van der Waals surface area contributed by atoms with Crippen molar-refractivity contribution >= 4 is 0 Å². The fourth-order valence-corrected chi connectivity index (χ4v) is 1.67. The first-order chi connectivity index (χ1) is 8.44. The van der Waals surface area contributed by atoms with Gasteiger partial charge in [0, 0.05) is 38.4 Å². The van der Waals surface area contributed by atoms with E-state index in [2.05, 4.69) is 19.2 Å². The van der Waals surface area contributed by atoms with E-state index in [1.165, 1.54) is 12.1 Å². The van der Waals surface area contributed by atoms with E-state index in [0.29, 0.717) is 18.7 Å². The Bertz CT molecular complexity index is 380. The molecule has 2 nitrogen and oxygen atoms in total. The fraction of sp³-hybridized carbons (Fsp3) is 0.571. The van der Waals surface area contributed by atoms with Gasteiger partial charge in [0.25, 0.3) is 0 Å². The molecule has 1 N–H and O–H groups in total. The molecule has 0 unspecified atom stereocenters. The molecule has 0 saturated carbocycles. The molecule has 102 valence electrons. The molecule has 0 aliphatic carbocycles. The maximum absolute atomic E-state index is 13.4. The van der Waals surface area contributed by atoms with E-state index in [4.69, 9.17) is 4.74 Å². The van der Waals surface area contributed by atoms with Gasteiger partial charge in [-0.2, -0.15) is 0 Å². The average molecular weight is 257 g/mol. The van der Waals surface area contributed by atoms with Gasteiger partial charge in [-0.1, -0.05) is 19.9 Å². The number of hydrogen-bond donors (Lipinski definition) is 1. The first-order valence-corrected chi connectivity index (χ1v) is 6.08. The molecule has 0 spiro atoms. The summed E-state index contributed by atoms with van der Waals surface area (Å²) < 4.78 is 31.1. The van der Waals surface area contributed by atoms with Gasteiger partial charge in [-0.05, 0) is 17.9 Å². The number of rotatable bonds is 7. The van der Waals surface area contributed by atoms with Crippen LogP contribution in [0.2, 0.25) is 0 Å². The summed E-state index contributed by atoms with van der Waals surface area (Å²) in [5, 5.41) is 3.19. The zero-order valence-corrected chi connectivity index (χ0v) is 11.2. The van der Waals surface area contributed by atoms with Crippen molar-refractivity contribution in [2.24, 2.45) is 5.41 Å². The van der Waals surface area contributed by atoms with Crippen LogP contribution in [0.15, 0.2) is 18.2 Å². The maximum Gasteiger partial charge on any atom is 0.130 e. The minimum atomic E-state index is -0.545. The molecule has 0 aliphatic heterocycles. The molecule has 1 aromatic rings. The Kier molecular flexibility index (Phi) is 5.69. The number of halogens is 2. The summed E-state index contributed by atoms with van der Waals surface area (Å²) in [5.74, 6) is -1.05. The molecule has 0 fully saturated rings. The highest BCUT2D eigenvalue weighted by molar-refractivity contribution is 5.18. The molecule has 0 heterocycles. The topological polar surface area (TPSA) is 21.3 Å². The molecule has 0 aromatic heterocycles. The highest BCUT2D eigenvalue weighted by atomic mass is 19.1. The Morgan fingerprint density at radius 2 is 2.00 bits per heavy atom. The molecule has 0 bridgehead atoms. The zero-order valence-electron chi connectivity index (χ0n) is 11.2. The lowest BCUT2D eigenvalue weighted by atomic mass is 9.89. The second-order valence-corrected chi connectivity index (χ2v) is 5.25. The van der Waals surface area contributed by atoms with E-state index in [1.807, 2.05) is 0 Å². The van der Waals surface area contributed by atoms with Gasteiger partial charge in [0.15, 0.2) is 0 Å². The normalized spacial score (nSPS) is 11.8. The van der Waals surface area contributed by atoms with E-state index in [9.17, 15) is 8.78 Å². The first-order valence-electron chi connectivity index (χ1n) is 6.08. The van der Waals surface area contributed by atoms with Crippen LogP contribution < -0.4 is 5.32 Å². The third-order valence-electron chi connectivity index (χ3n) is 2.92. The Hall–Kier alpha value is -1.00. The Morgan fingerprint density at radius 1 is 1.28 bits per heavy atom. The lowest BCUT2D eigenvalue weighted by Crippen LogP contribution is -2.30. The van der Waals surface area contributed by atoms with E-state index in [-0.39, 0.29) is 5.41 Å². The van der Waals surface area contributed by atoms with Crippen molar-refractivity contribution < 1.29 is 13.5 Å². The van der Waals surface area contributed by atoms with Crippen molar-refractivity contribution in [3.8, 4) is 0 Å². The highest BCUT2D eigenvalue weighted by Gasteiger charge is 2.17. The molecule has 0 aliphatic rings. The highest BCUT2D eigenvalue weighted by Crippen LogP contribution is 2.19. The van der Waals surface area contributed by atoms with Gasteiger partial charge in [-0.3, -0.25) is 0 Å². The molecule has 4 heteroatoms. The van der Waals surface area contributed by atoms with Crippen molar-refractivity contribution in [3.05, 3.63) is 35.4 Å². The van der Waals surface area contributed by atoms with Crippen LogP contribution in [-0.4, -0.2) is 20.3 Å². The second-order valence-electron chi connectivity index (χ2n) is 5.25. The summed E-state index contributed by atoms with van der Waals surface area (Å²) in [7, 11) is 1.68. The third-order valence-corrected chi connectivity index (χ3v) is 2.92. The zero-order chi connectivity index (χ0) is 13.6. The van der Waals surface area contributed by atoms with E-state index < -0.39 is 11.6 Å². The van der Waals surface area contributed by atoms with E-state index in [0.717, 1.165) is 19.0 Å². The summed E-state index contributed by atoms with van der Waals surface area (Å²) >= 11 is 0. The number of benzene rings is 1. The Labute approximate surface area is 107 Å². The van der Waals surface area contributed by atoms with Gasteiger partial charge in [0.05, 0.1) is 0 Å².